The molecule has 1 aromatic carbocycles. The van der Waals surface area contributed by atoms with Gasteiger partial charge in [-0.1, -0.05) is 17.9 Å². The maximum Gasteiger partial charge on any atom is 0.134 e. The summed E-state index contributed by atoms with van der Waals surface area (Å²) in [5, 5.41) is 0. The van der Waals surface area contributed by atoms with Crippen LogP contribution in [0.1, 0.15) is 17.5 Å². The number of halogens is 1. The third-order valence-electron chi connectivity index (χ3n) is 2.55. The summed E-state index contributed by atoms with van der Waals surface area (Å²) in [5.74, 6) is 6.99. The molecule has 0 N–H and O–H groups in total. The van der Waals surface area contributed by atoms with Crippen molar-refractivity contribution in [3.05, 3.63) is 29.3 Å². The van der Waals surface area contributed by atoms with E-state index >= 15 is 0 Å². The molecule has 0 unspecified atom stereocenters. The van der Waals surface area contributed by atoms with E-state index < -0.39 is 0 Å². The third-order valence-corrected chi connectivity index (χ3v) is 2.68. The summed E-state index contributed by atoms with van der Waals surface area (Å²) < 4.78 is 16.0. The standard InChI is InChI=1S/C16H21ClO3/c1-14-6-7-16(15(13-14)5-3-8-17)20-10-4-9-19-12-11-18-2/h6-7,13H,4,8-12H2,1-2H3. The Morgan fingerprint density at radius 3 is 2.75 bits per heavy atom. The van der Waals surface area contributed by atoms with E-state index in [1.807, 2.05) is 25.1 Å². The molecule has 0 bridgehead atoms. The number of alkyl halides is 1. The lowest BCUT2D eigenvalue weighted by Crippen LogP contribution is -2.07. The van der Waals surface area contributed by atoms with Crippen LogP contribution in [0.5, 0.6) is 5.75 Å². The van der Waals surface area contributed by atoms with Gasteiger partial charge < -0.3 is 14.2 Å². The first-order valence-corrected chi connectivity index (χ1v) is 7.16. The van der Waals surface area contributed by atoms with Gasteiger partial charge in [0.1, 0.15) is 5.75 Å². The Bertz CT molecular complexity index is 449. The smallest absolute Gasteiger partial charge is 0.134 e. The molecule has 110 valence electrons. The largest absolute Gasteiger partial charge is 0.492 e. The predicted octanol–water partition coefficient (Wildman–Crippen LogP) is 3.02. The molecule has 4 heteroatoms. The molecule has 20 heavy (non-hydrogen) atoms. The second-order valence-corrected chi connectivity index (χ2v) is 4.51. The topological polar surface area (TPSA) is 27.7 Å². The first kappa shape index (κ1) is 16.8. The second-order valence-electron chi connectivity index (χ2n) is 4.24. The molecule has 0 heterocycles. The number of rotatable bonds is 8. The molecule has 0 spiro atoms. The van der Waals surface area contributed by atoms with Crippen molar-refractivity contribution in [1.29, 1.82) is 0 Å². The number of methoxy groups -OCH3 is 1. The highest BCUT2D eigenvalue weighted by atomic mass is 35.5. The summed E-state index contributed by atoms with van der Waals surface area (Å²) in [6, 6.07) is 5.96. The summed E-state index contributed by atoms with van der Waals surface area (Å²) >= 11 is 5.59. The van der Waals surface area contributed by atoms with Gasteiger partial charge in [0.25, 0.3) is 0 Å². The molecule has 0 aliphatic carbocycles. The Hall–Kier alpha value is -1.21. The summed E-state index contributed by atoms with van der Waals surface area (Å²) in [5.41, 5.74) is 2.03. The zero-order valence-electron chi connectivity index (χ0n) is 12.1. The highest BCUT2D eigenvalue weighted by molar-refractivity contribution is 6.19. The predicted molar refractivity (Wildman–Crippen MR) is 81.6 cm³/mol. The van der Waals surface area contributed by atoms with Crippen LogP contribution >= 0.6 is 11.6 Å². The fourth-order valence-electron chi connectivity index (χ4n) is 1.58. The van der Waals surface area contributed by atoms with Crippen molar-refractivity contribution in [2.45, 2.75) is 13.3 Å². The van der Waals surface area contributed by atoms with Crippen LogP contribution in [0.4, 0.5) is 0 Å². The Kier molecular flexibility index (Phi) is 8.90. The molecule has 0 amide bonds. The molecule has 0 atom stereocenters. The Morgan fingerprint density at radius 2 is 2.00 bits per heavy atom. The van der Waals surface area contributed by atoms with E-state index in [2.05, 4.69) is 11.8 Å². The summed E-state index contributed by atoms with van der Waals surface area (Å²) in [7, 11) is 1.66. The number of aryl methyl sites for hydroxylation is 1. The van der Waals surface area contributed by atoms with Crippen molar-refractivity contribution in [1.82, 2.24) is 0 Å². The second kappa shape index (κ2) is 10.6. The van der Waals surface area contributed by atoms with Gasteiger partial charge in [-0.05, 0) is 24.6 Å². The van der Waals surface area contributed by atoms with Crippen LogP contribution in [0.3, 0.4) is 0 Å². The molecule has 1 aromatic rings. The Morgan fingerprint density at radius 1 is 1.15 bits per heavy atom. The van der Waals surface area contributed by atoms with Crippen molar-refractivity contribution in [2.24, 2.45) is 0 Å². The van der Waals surface area contributed by atoms with Crippen molar-refractivity contribution in [3.63, 3.8) is 0 Å². The molecule has 1 rings (SSSR count). The van der Waals surface area contributed by atoms with Crippen molar-refractivity contribution in [3.8, 4) is 17.6 Å². The first-order chi connectivity index (χ1) is 9.77. The molecule has 0 aliphatic heterocycles. The Labute approximate surface area is 126 Å². The highest BCUT2D eigenvalue weighted by Gasteiger charge is 2.01. The minimum atomic E-state index is 0.320. The fraction of sp³-hybridized carbons (Fsp3) is 0.500. The van der Waals surface area contributed by atoms with Gasteiger partial charge in [0.05, 0.1) is 31.3 Å². The average molecular weight is 297 g/mol. The zero-order chi connectivity index (χ0) is 14.6. The van der Waals surface area contributed by atoms with Gasteiger partial charge >= 0.3 is 0 Å². The Balaban J connectivity index is 2.39. The van der Waals surface area contributed by atoms with Crippen molar-refractivity contribution in [2.75, 3.05) is 39.4 Å². The van der Waals surface area contributed by atoms with Crippen molar-refractivity contribution < 1.29 is 14.2 Å². The monoisotopic (exact) mass is 296 g/mol. The quantitative estimate of drug-likeness (QED) is 0.419. The lowest BCUT2D eigenvalue weighted by atomic mass is 10.1. The van der Waals surface area contributed by atoms with Crippen molar-refractivity contribution >= 4 is 11.6 Å². The first-order valence-electron chi connectivity index (χ1n) is 6.63. The van der Waals surface area contributed by atoms with Crippen LogP contribution in [0.2, 0.25) is 0 Å². The zero-order valence-corrected chi connectivity index (χ0v) is 12.8. The van der Waals surface area contributed by atoms with Crippen LogP contribution in [0, 0.1) is 18.8 Å². The van der Waals surface area contributed by atoms with Gasteiger partial charge in [-0.15, -0.1) is 11.6 Å². The molecular weight excluding hydrogens is 276 g/mol. The van der Waals surface area contributed by atoms with Gasteiger partial charge in [0.2, 0.25) is 0 Å². The highest BCUT2D eigenvalue weighted by Crippen LogP contribution is 2.19. The van der Waals surface area contributed by atoms with Gasteiger partial charge in [-0.3, -0.25) is 0 Å². The molecular formula is C16H21ClO3. The molecule has 0 aromatic heterocycles. The average Bonchev–Trinajstić information content (AvgIpc) is 2.45. The van der Waals surface area contributed by atoms with Gasteiger partial charge in [0, 0.05) is 20.1 Å². The minimum Gasteiger partial charge on any atom is -0.492 e. The van der Waals surface area contributed by atoms with Crippen LogP contribution in [-0.4, -0.2) is 39.4 Å². The van der Waals surface area contributed by atoms with E-state index in [-0.39, 0.29) is 0 Å². The fourth-order valence-corrected chi connectivity index (χ4v) is 1.65. The van der Waals surface area contributed by atoms with Crippen LogP contribution < -0.4 is 4.74 Å². The van der Waals surface area contributed by atoms with Crippen LogP contribution in [0.25, 0.3) is 0 Å². The number of hydrogen-bond acceptors (Lipinski definition) is 3. The van der Waals surface area contributed by atoms with E-state index in [1.54, 1.807) is 7.11 Å². The number of ether oxygens (including phenoxy) is 3. The SMILES string of the molecule is COCCOCCCOc1ccc(C)cc1C#CCCl. The molecule has 3 nitrogen and oxygen atoms in total. The van der Waals surface area contributed by atoms with E-state index in [0.717, 1.165) is 23.3 Å². The number of benzene rings is 1. The maximum absolute atomic E-state index is 5.74. The lowest BCUT2D eigenvalue weighted by molar-refractivity contribution is 0.0644. The molecule has 0 fully saturated rings. The molecule has 0 saturated heterocycles. The minimum absolute atomic E-state index is 0.320. The molecule has 0 aliphatic rings. The number of hydrogen-bond donors (Lipinski definition) is 0. The summed E-state index contributed by atoms with van der Waals surface area (Å²) in [6.45, 7) is 4.53. The lowest BCUT2D eigenvalue weighted by Gasteiger charge is -2.09. The normalized spacial score (nSPS) is 9.95. The molecule has 0 radical (unpaired) electrons. The van der Waals surface area contributed by atoms with E-state index in [1.165, 1.54) is 0 Å². The van der Waals surface area contributed by atoms with Gasteiger partial charge in [0.15, 0.2) is 0 Å². The van der Waals surface area contributed by atoms with Gasteiger partial charge in [-0.2, -0.15) is 0 Å². The summed E-state index contributed by atoms with van der Waals surface area (Å²) in [4.78, 5) is 0. The van der Waals surface area contributed by atoms with E-state index in [9.17, 15) is 0 Å². The molecule has 0 saturated carbocycles. The summed E-state index contributed by atoms with van der Waals surface area (Å²) in [6.07, 6.45) is 0.833. The maximum atomic E-state index is 5.74. The van der Waals surface area contributed by atoms with Crippen LogP contribution in [0.15, 0.2) is 18.2 Å². The van der Waals surface area contributed by atoms with E-state index in [4.69, 9.17) is 25.8 Å². The third kappa shape index (κ3) is 6.81. The van der Waals surface area contributed by atoms with E-state index in [0.29, 0.717) is 32.3 Å². The van der Waals surface area contributed by atoms with Gasteiger partial charge in [-0.25, -0.2) is 0 Å². The van der Waals surface area contributed by atoms with Crippen LogP contribution in [-0.2, 0) is 9.47 Å².